The maximum Gasteiger partial charge on any atom is 0.325 e. The van der Waals surface area contributed by atoms with E-state index >= 15 is 0 Å². The Balaban J connectivity index is 1.87. The Kier molecular flexibility index (Phi) is 3.63. The Morgan fingerprint density at radius 3 is 2.67 bits per heavy atom. The van der Waals surface area contributed by atoms with Crippen molar-refractivity contribution in [2.45, 2.75) is 25.9 Å². The molecule has 2 heterocycles. The molecule has 1 atom stereocenters. The molecular weight excluding hydrogens is 310 g/mol. The first-order chi connectivity index (χ1) is 11.3. The zero-order chi connectivity index (χ0) is 17.5. The van der Waals surface area contributed by atoms with E-state index in [-0.39, 0.29) is 6.54 Å². The molecule has 124 valence electrons. The van der Waals surface area contributed by atoms with E-state index in [4.69, 9.17) is 10.2 Å². The number of urea groups is 1. The fourth-order valence-electron chi connectivity index (χ4n) is 2.72. The second-order valence-electron chi connectivity index (χ2n) is 5.92. The lowest BCUT2D eigenvalue weighted by Gasteiger charge is -2.19. The molecule has 0 aliphatic carbocycles. The van der Waals surface area contributed by atoms with Crippen molar-refractivity contribution in [3.8, 4) is 0 Å². The summed E-state index contributed by atoms with van der Waals surface area (Å²) in [6.07, 6.45) is 0. The van der Waals surface area contributed by atoms with Gasteiger partial charge >= 0.3 is 6.03 Å². The van der Waals surface area contributed by atoms with Crippen LogP contribution in [-0.4, -0.2) is 22.7 Å². The molecule has 1 aromatic carbocycles. The summed E-state index contributed by atoms with van der Waals surface area (Å²) in [5.74, 6) is 0.0592. The number of carbonyl (C=O) groups is 3. The monoisotopic (exact) mass is 327 g/mol. The van der Waals surface area contributed by atoms with Crippen LogP contribution in [0.15, 0.2) is 40.8 Å². The Morgan fingerprint density at radius 1 is 1.29 bits per heavy atom. The molecular formula is C17H17N3O4. The molecule has 1 aliphatic rings. The summed E-state index contributed by atoms with van der Waals surface area (Å²) in [5.41, 5.74) is 4.97. The van der Waals surface area contributed by atoms with Crippen molar-refractivity contribution in [3.05, 3.63) is 59.0 Å². The second-order valence-corrected chi connectivity index (χ2v) is 5.92. The van der Waals surface area contributed by atoms with Crippen LogP contribution in [0.5, 0.6) is 0 Å². The second kappa shape index (κ2) is 5.52. The number of hydrogen-bond donors (Lipinski definition) is 2. The molecule has 24 heavy (non-hydrogen) atoms. The number of imide groups is 1. The van der Waals surface area contributed by atoms with E-state index in [0.29, 0.717) is 22.6 Å². The van der Waals surface area contributed by atoms with Gasteiger partial charge in [0.2, 0.25) is 5.91 Å². The summed E-state index contributed by atoms with van der Waals surface area (Å²) < 4.78 is 5.51. The summed E-state index contributed by atoms with van der Waals surface area (Å²) in [6.45, 7) is 3.41. The minimum absolute atomic E-state index is 0.0427. The number of benzene rings is 1. The zero-order valence-electron chi connectivity index (χ0n) is 13.3. The Morgan fingerprint density at radius 2 is 2.04 bits per heavy atom. The van der Waals surface area contributed by atoms with Crippen molar-refractivity contribution in [1.29, 1.82) is 0 Å². The number of amides is 4. The third-order valence-corrected chi connectivity index (χ3v) is 4.06. The first-order valence-electron chi connectivity index (χ1n) is 7.41. The van der Waals surface area contributed by atoms with Crippen molar-refractivity contribution < 1.29 is 18.8 Å². The summed E-state index contributed by atoms with van der Waals surface area (Å²) in [4.78, 5) is 37.4. The van der Waals surface area contributed by atoms with Gasteiger partial charge in [0, 0.05) is 5.56 Å². The van der Waals surface area contributed by atoms with Gasteiger partial charge in [-0.1, -0.05) is 12.1 Å². The molecule has 0 radical (unpaired) electrons. The van der Waals surface area contributed by atoms with Gasteiger partial charge in [-0.05, 0) is 43.7 Å². The normalized spacial score (nSPS) is 20.3. The third kappa shape index (κ3) is 2.54. The molecule has 1 aliphatic heterocycles. The Labute approximate surface area is 138 Å². The summed E-state index contributed by atoms with van der Waals surface area (Å²) in [5, 5.41) is 2.67. The summed E-state index contributed by atoms with van der Waals surface area (Å²) >= 11 is 0. The largest absolute Gasteiger partial charge is 0.463 e. The van der Waals surface area contributed by atoms with E-state index in [1.165, 1.54) is 0 Å². The highest BCUT2D eigenvalue weighted by Crippen LogP contribution is 2.31. The molecule has 1 saturated heterocycles. The Hall–Kier alpha value is -3.09. The topological polar surface area (TPSA) is 106 Å². The van der Waals surface area contributed by atoms with Crippen LogP contribution in [0.25, 0.3) is 0 Å². The Bertz CT molecular complexity index is 842. The quantitative estimate of drug-likeness (QED) is 0.833. The van der Waals surface area contributed by atoms with E-state index in [0.717, 1.165) is 4.90 Å². The number of carbonyl (C=O) groups excluding carboxylic acids is 3. The van der Waals surface area contributed by atoms with E-state index in [1.807, 2.05) is 0 Å². The predicted octanol–water partition coefficient (Wildman–Crippen LogP) is 1.65. The smallest absolute Gasteiger partial charge is 0.325 e. The van der Waals surface area contributed by atoms with E-state index in [1.54, 1.807) is 50.2 Å². The van der Waals surface area contributed by atoms with Crippen LogP contribution >= 0.6 is 0 Å². The number of nitrogens with zero attached hydrogens (tertiary/aromatic N) is 1. The summed E-state index contributed by atoms with van der Waals surface area (Å²) in [6, 6.07) is 9.41. The molecule has 0 saturated carbocycles. The number of rotatable bonds is 4. The lowest BCUT2D eigenvalue weighted by atomic mass is 9.99. The van der Waals surface area contributed by atoms with E-state index in [2.05, 4.69) is 5.32 Å². The molecule has 2 aromatic rings. The highest BCUT2D eigenvalue weighted by molar-refractivity contribution is 6.06. The van der Waals surface area contributed by atoms with Crippen molar-refractivity contribution in [2.75, 3.05) is 0 Å². The number of furan rings is 1. The van der Waals surface area contributed by atoms with Gasteiger partial charge in [0.1, 0.15) is 11.5 Å². The first kappa shape index (κ1) is 15.8. The molecule has 3 N–H and O–H groups in total. The van der Waals surface area contributed by atoms with Crippen LogP contribution in [0.2, 0.25) is 0 Å². The van der Waals surface area contributed by atoms with Gasteiger partial charge in [0.25, 0.3) is 5.91 Å². The van der Waals surface area contributed by atoms with Crippen LogP contribution in [0.4, 0.5) is 4.79 Å². The fraction of sp³-hybridized carbons (Fsp3) is 0.235. The lowest BCUT2D eigenvalue weighted by Crippen LogP contribution is -2.40. The predicted molar refractivity (Wildman–Crippen MR) is 84.8 cm³/mol. The fourth-order valence-corrected chi connectivity index (χ4v) is 2.72. The highest BCUT2D eigenvalue weighted by Gasteiger charge is 2.51. The van der Waals surface area contributed by atoms with Gasteiger partial charge in [0.05, 0.1) is 6.54 Å². The highest BCUT2D eigenvalue weighted by atomic mass is 16.3. The minimum Gasteiger partial charge on any atom is -0.463 e. The molecule has 7 heteroatoms. The van der Waals surface area contributed by atoms with Crippen molar-refractivity contribution >= 4 is 17.8 Å². The molecule has 0 spiro atoms. The van der Waals surface area contributed by atoms with Gasteiger partial charge in [0.15, 0.2) is 5.54 Å². The molecule has 1 fully saturated rings. The van der Waals surface area contributed by atoms with Crippen molar-refractivity contribution in [2.24, 2.45) is 5.73 Å². The lowest BCUT2D eigenvalue weighted by molar-refractivity contribution is -0.132. The molecule has 0 unspecified atom stereocenters. The minimum atomic E-state index is -1.24. The number of nitrogens with one attached hydrogen (secondary N) is 1. The average Bonchev–Trinajstić information content (AvgIpc) is 3.06. The first-order valence-corrected chi connectivity index (χ1v) is 7.41. The van der Waals surface area contributed by atoms with E-state index in [9.17, 15) is 14.4 Å². The van der Waals surface area contributed by atoms with E-state index < -0.39 is 23.4 Å². The van der Waals surface area contributed by atoms with Gasteiger partial charge in [-0.2, -0.15) is 0 Å². The number of primary amides is 1. The third-order valence-electron chi connectivity index (χ3n) is 4.06. The van der Waals surface area contributed by atoms with Crippen LogP contribution in [-0.2, 0) is 16.9 Å². The summed E-state index contributed by atoms with van der Waals surface area (Å²) in [7, 11) is 0. The number of nitrogens with two attached hydrogens (primary N) is 1. The van der Waals surface area contributed by atoms with Crippen LogP contribution < -0.4 is 11.1 Å². The maximum absolute atomic E-state index is 12.8. The molecule has 7 nitrogen and oxygen atoms in total. The van der Waals surface area contributed by atoms with Gasteiger partial charge < -0.3 is 15.5 Å². The van der Waals surface area contributed by atoms with Crippen molar-refractivity contribution in [3.63, 3.8) is 0 Å². The average molecular weight is 327 g/mol. The number of hydrogen-bond acceptors (Lipinski definition) is 4. The van der Waals surface area contributed by atoms with Gasteiger partial charge in [-0.15, -0.1) is 0 Å². The molecule has 4 amide bonds. The zero-order valence-corrected chi connectivity index (χ0v) is 13.3. The van der Waals surface area contributed by atoms with Crippen LogP contribution in [0.3, 0.4) is 0 Å². The SMILES string of the molecule is Cc1ccc([C@]2(C)NC(=O)N(Cc3cccc(C(N)=O)c3)C2=O)o1. The molecule has 0 bridgehead atoms. The molecule has 1 aromatic heterocycles. The van der Waals surface area contributed by atoms with Crippen LogP contribution in [0.1, 0.15) is 34.4 Å². The molecule has 3 rings (SSSR count). The van der Waals surface area contributed by atoms with Gasteiger partial charge in [-0.3, -0.25) is 14.5 Å². The standard InChI is InChI=1S/C17H17N3O4/c1-10-6-7-13(24-10)17(2)15(22)20(16(23)19-17)9-11-4-3-5-12(8-11)14(18)21/h3-8H,9H2,1-2H3,(H2,18,21)(H,19,23)/t17-/m0/s1. The number of aryl methyl sites for hydroxylation is 1. The van der Waals surface area contributed by atoms with Crippen LogP contribution in [0, 0.1) is 6.92 Å². The van der Waals surface area contributed by atoms with Crippen molar-refractivity contribution in [1.82, 2.24) is 10.2 Å². The maximum atomic E-state index is 12.8. The van der Waals surface area contributed by atoms with Gasteiger partial charge in [-0.25, -0.2) is 4.79 Å².